The van der Waals surface area contributed by atoms with Gasteiger partial charge in [-0.15, -0.1) is 0 Å². The van der Waals surface area contributed by atoms with Crippen molar-refractivity contribution in [2.45, 2.75) is 19.3 Å². The second-order valence-corrected chi connectivity index (χ2v) is 19.2. The van der Waals surface area contributed by atoms with Crippen LogP contribution < -0.4 is 0 Å². The maximum absolute atomic E-state index is 5.07. The molecule has 3 aromatic heterocycles. The molecule has 0 fully saturated rings. The van der Waals surface area contributed by atoms with E-state index in [2.05, 4.69) is 199 Å². The molecule has 0 atom stereocenters. The van der Waals surface area contributed by atoms with E-state index >= 15 is 0 Å². The average Bonchev–Trinajstić information content (AvgIpc) is 4.02. The van der Waals surface area contributed by atoms with E-state index < -0.39 is 0 Å². The molecule has 0 bridgehead atoms. The average molecular weight is 908 g/mol. The van der Waals surface area contributed by atoms with Gasteiger partial charge in [-0.1, -0.05) is 190 Å². The monoisotopic (exact) mass is 907 g/mol. The minimum Gasteiger partial charge on any atom is -0.309 e. The highest BCUT2D eigenvalue weighted by Crippen LogP contribution is 2.51. The highest BCUT2D eigenvalue weighted by atomic mass is 15.0. The van der Waals surface area contributed by atoms with Gasteiger partial charge in [0.15, 0.2) is 17.5 Å². The number of nitrogens with zero attached hydrogens (tertiary/aromatic N) is 5. The number of benzene rings is 10. The molecule has 0 spiro atoms. The summed E-state index contributed by atoms with van der Waals surface area (Å²) in [6.45, 7) is 4.73. The molecule has 0 saturated carbocycles. The van der Waals surface area contributed by atoms with Crippen molar-refractivity contribution in [1.29, 1.82) is 0 Å². The summed E-state index contributed by atoms with van der Waals surface area (Å²) in [6.07, 6.45) is 0. The van der Waals surface area contributed by atoms with E-state index in [9.17, 15) is 0 Å². The molecule has 1 aliphatic rings. The molecule has 3 heterocycles. The number of para-hydroxylation sites is 2. The molecule has 334 valence electrons. The number of hydrogen-bond donors (Lipinski definition) is 0. The fourth-order valence-electron chi connectivity index (χ4n) is 11.3. The molecule has 0 radical (unpaired) electrons. The number of hydrogen-bond acceptors (Lipinski definition) is 3. The predicted octanol–water partition coefficient (Wildman–Crippen LogP) is 16.7. The van der Waals surface area contributed by atoms with Gasteiger partial charge in [-0.3, -0.25) is 0 Å². The van der Waals surface area contributed by atoms with Crippen molar-refractivity contribution < 1.29 is 0 Å². The molecule has 14 rings (SSSR count). The number of rotatable bonds is 7. The van der Waals surface area contributed by atoms with Crippen molar-refractivity contribution in [2.24, 2.45) is 0 Å². The van der Waals surface area contributed by atoms with Crippen LogP contribution >= 0.6 is 0 Å². The van der Waals surface area contributed by atoms with E-state index in [1.165, 1.54) is 65.9 Å². The molecule has 13 aromatic rings. The van der Waals surface area contributed by atoms with Crippen LogP contribution in [-0.2, 0) is 5.41 Å². The number of fused-ring (bicyclic) bond motifs is 9. The highest BCUT2D eigenvalue weighted by molar-refractivity contribution is 6.13. The van der Waals surface area contributed by atoms with Crippen LogP contribution in [0.4, 0.5) is 0 Å². The number of aromatic nitrogens is 5. The van der Waals surface area contributed by atoms with Crippen molar-refractivity contribution in [3.05, 3.63) is 248 Å². The third-order valence-corrected chi connectivity index (χ3v) is 14.7. The van der Waals surface area contributed by atoms with Crippen LogP contribution in [0.3, 0.4) is 0 Å². The molecule has 10 aromatic carbocycles. The first-order valence-electron chi connectivity index (χ1n) is 24.3. The van der Waals surface area contributed by atoms with Crippen LogP contribution in [0.15, 0.2) is 237 Å². The van der Waals surface area contributed by atoms with Gasteiger partial charge in [-0.05, 0) is 105 Å². The van der Waals surface area contributed by atoms with Crippen molar-refractivity contribution >= 4 is 43.6 Å². The van der Waals surface area contributed by atoms with Crippen molar-refractivity contribution in [1.82, 2.24) is 24.1 Å². The first-order valence-corrected chi connectivity index (χ1v) is 24.3. The molecule has 0 N–H and O–H groups in total. The summed E-state index contributed by atoms with van der Waals surface area (Å²) < 4.78 is 4.89. The topological polar surface area (TPSA) is 48.5 Å². The minimum absolute atomic E-state index is 0.156. The Morgan fingerprint density at radius 1 is 0.282 bits per heavy atom. The summed E-state index contributed by atoms with van der Waals surface area (Å²) >= 11 is 0. The Morgan fingerprint density at radius 2 is 0.746 bits per heavy atom. The molecule has 5 nitrogen and oxygen atoms in total. The van der Waals surface area contributed by atoms with Gasteiger partial charge in [0.1, 0.15) is 0 Å². The Morgan fingerprint density at radius 3 is 1.44 bits per heavy atom. The smallest absolute Gasteiger partial charge is 0.164 e. The van der Waals surface area contributed by atoms with Crippen LogP contribution in [0.25, 0.3) is 123 Å². The Kier molecular flexibility index (Phi) is 9.17. The van der Waals surface area contributed by atoms with Crippen molar-refractivity contribution in [3.63, 3.8) is 0 Å². The van der Waals surface area contributed by atoms with E-state index in [0.717, 1.165) is 50.3 Å². The van der Waals surface area contributed by atoms with E-state index in [0.29, 0.717) is 17.5 Å². The van der Waals surface area contributed by atoms with Crippen molar-refractivity contribution in [2.75, 3.05) is 0 Å². The maximum atomic E-state index is 5.07. The zero-order valence-electron chi connectivity index (χ0n) is 39.3. The minimum atomic E-state index is -0.156. The lowest BCUT2D eigenvalue weighted by molar-refractivity contribution is 0.661. The van der Waals surface area contributed by atoms with Gasteiger partial charge in [0.2, 0.25) is 0 Å². The predicted molar refractivity (Wildman–Crippen MR) is 293 cm³/mol. The van der Waals surface area contributed by atoms with Gasteiger partial charge >= 0.3 is 0 Å². The third kappa shape index (κ3) is 6.58. The first kappa shape index (κ1) is 40.8. The second kappa shape index (κ2) is 15.9. The Hall–Kier alpha value is -9.19. The summed E-state index contributed by atoms with van der Waals surface area (Å²) in [4.78, 5) is 15.1. The highest BCUT2D eigenvalue weighted by Gasteiger charge is 2.36. The molecular formula is C66H45N5. The van der Waals surface area contributed by atoms with Gasteiger partial charge in [0, 0.05) is 55.0 Å². The fourth-order valence-corrected chi connectivity index (χ4v) is 11.3. The lowest BCUT2D eigenvalue weighted by Crippen LogP contribution is -2.14. The zero-order chi connectivity index (χ0) is 47.2. The molecule has 71 heavy (non-hydrogen) atoms. The van der Waals surface area contributed by atoms with E-state index in [1.54, 1.807) is 0 Å². The molecule has 0 saturated heterocycles. The molecular weight excluding hydrogens is 863 g/mol. The van der Waals surface area contributed by atoms with E-state index in [-0.39, 0.29) is 5.41 Å². The van der Waals surface area contributed by atoms with Gasteiger partial charge in [-0.2, -0.15) is 0 Å². The maximum Gasteiger partial charge on any atom is 0.164 e. The van der Waals surface area contributed by atoms with Crippen LogP contribution in [0, 0.1) is 0 Å². The zero-order valence-corrected chi connectivity index (χ0v) is 39.3. The molecule has 5 heteroatoms. The lowest BCUT2D eigenvalue weighted by atomic mass is 9.82. The Balaban J connectivity index is 0.947. The van der Waals surface area contributed by atoms with E-state index in [1.807, 2.05) is 60.7 Å². The summed E-state index contributed by atoms with van der Waals surface area (Å²) in [6, 6.07) is 85.2. The van der Waals surface area contributed by atoms with Crippen LogP contribution in [0.5, 0.6) is 0 Å². The quantitative estimate of drug-likeness (QED) is 0.160. The summed E-state index contributed by atoms with van der Waals surface area (Å²) in [5.74, 6) is 1.91. The first-order chi connectivity index (χ1) is 34.9. The largest absolute Gasteiger partial charge is 0.309 e. The van der Waals surface area contributed by atoms with Crippen LogP contribution in [0.1, 0.15) is 25.0 Å². The van der Waals surface area contributed by atoms with Crippen molar-refractivity contribution in [3.8, 4) is 78.9 Å². The summed E-state index contributed by atoms with van der Waals surface area (Å²) in [5, 5.41) is 4.95. The summed E-state index contributed by atoms with van der Waals surface area (Å²) in [5.41, 5.74) is 19.5. The van der Waals surface area contributed by atoms with E-state index in [4.69, 9.17) is 15.0 Å². The normalized spacial score (nSPS) is 12.8. The van der Waals surface area contributed by atoms with Gasteiger partial charge in [0.25, 0.3) is 0 Å². The second-order valence-electron chi connectivity index (χ2n) is 19.2. The Bertz CT molecular complexity index is 4180. The van der Waals surface area contributed by atoms with Crippen LogP contribution in [0.2, 0.25) is 0 Å². The fraction of sp³-hybridized carbons (Fsp3) is 0.0455. The summed E-state index contributed by atoms with van der Waals surface area (Å²) in [7, 11) is 0. The third-order valence-electron chi connectivity index (χ3n) is 14.7. The standard InChI is InChI=1S/C66H45N5/c1-66(2)57-30-14-12-28-51(57)55-40-56-54-35-33-47(46-32-34-53-52-29-13-15-31-59(52)70(60(53)38-46)49-25-10-5-11-26-49)39-61(54)71(62(56)41-58(55)66)50-27-17-23-45(37-50)44-22-16-24-48(36-44)65-68-63(42-18-6-3-7-19-42)67-64(69-65)43-20-8-4-9-21-43/h3-41H,1-2H3. The molecule has 1 aliphatic carbocycles. The molecule has 0 aliphatic heterocycles. The lowest BCUT2D eigenvalue weighted by Gasteiger charge is -2.21. The van der Waals surface area contributed by atoms with Gasteiger partial charge in [0.05, 0.1) is 22.1 Å². The molecule has 0 amide bonds. The SMILES string of the molecule is CC1(C)c2ccccc2-c2cc3c4ccc(-c5ccc6c7ccccc7n(-c7ccccc7)c6c5)cc4n(-c4cccc(-c5cccc(-c6nc(-c7ccccc7)nc(-c7ccccc7)n6)c5)c4)c3cc21. The Labute approximate surface area is 411 Å². The molecule has 0 unspecified atom stereocenters. The van der Waals surface area contributed by atoms with Gasteiger partial charge < -0.3 is 9.13 Å². The van der Waals surface area contributed by atoms with Gasteiger partial charge in [-0.25, -0.2) is 15.0 Å². The van der Waals surface area contributed by atoms with Crippen LogP contribution in [-0.4, -0.2) is 24.1 Å².